The van der Waals surface area contributed by atoms with Gasteiger partial charge in [-0.2, -0.15) is 0 Å². The molecule has 0 aliphatic rings. The molecule has 1 aromatic carbocycles. The average Bonchev–Trinajstić information content (AvgIpc) is 2.28. The lowest BCUT2D eigenvalue weighted by atomic mass is 10.1. The minimum absolute atomic E-state index is 0.0287. The van der Waals surface area contributed by atoms with Crippen molar-refractivity contribution in [3.8, 4) is 0 Å². The van der Waals surface area contributed by atoms with E-state index in [4.69, 9.17) is 16.7 Å². The van der Waals surface area contributed by atoms with Crippen LogP contribution in [0, 0.1) is 10.1 Å². The van der Waals surface area contributed by atoms with E-state index in [0.29, 0.717) is 23.6 Å². The van der Waals surface area contributed by atoms with Gasteiger partial charge in [0, 0.05) is 36.3 Å². The third-order valence-electron chi connectivity index (χ3n) is 2.44. The number of non-ortho nitro benzene ring substituents is 1. The molecule has 0 radical (unpaired) electrons. The Morgan fingerprint density at radius 3 is 2.88 bits per heavy atom. The van der Waals surface area contributed by atoms with Gasteiger partial charge in [0.2, 0.25) is 0 Å². The van der Waals surface area contributed by atoms with Crippen molar-refractivity contribution in [2.24, 2.45) is 0 Å². The molecule has 2 N–H and O–H groups in total. The first-order valence-corrected chi connectivity index (χ1v) is 5.69. The maximum Gasteiger partial charge on any atom is 0.269 e. The third kappa shape index (κ3) is 4.30. The number of halogens is 1. The maximum absolute atomic E-state index is 10.6. The number of nitro benzene ring substituents is 1. The molecule has 0 fully saturated rings. The van der Waals surface area contributed by atoms with Crippen molar-refractivity contribution in [3.63, 3.8) is 0 Å². The van der Waals surface area contributed by atoms with Crippen LogP contribution in [0.3, 0.4) is 0 Å². The SMILES string of the molecule is CC(CCO)NCc1cc([N+](=O)[O-])ccc1Cl. The molecule has 5 nitrogen and oxygen atoms in total. The average molecular weight is 259 g/mol. The van der Waals surface area contributed by atoms with Crippen molar-refractivity contribution < 1.29 is 10.0 Å². The third-order valence-corrected chi connectivity index (χ3v) is 2.81. The first kappa shape index (κ1) is 13.9. The topological polar surface area (TPSA) is 75.4 Å². The number of benzene rings is 1. The molecule has 0 saturated carbocycles. The molecule has 0 heterocycles. The van der Waals surface area contributed by atoms with Gasteiger partial charge in [0.05, 0.1) is 4.92 Å². The van der Waals surface area contributed by atoms with Gasteiger partial charge in [-0.1, -0.05) is 11.6 Å². The van der Waals surface area contributed by atoms with Crippen LogP contribution in [-0.2, 0) is 6.54 Å². The Balaban J connectivity index is 2.69. The van der Waals surface area contributed by atoms with E-state index in [0.717, 1.165) is 0 Å². The van der Waals surface area contributed by atoms with E-state index in [1.54, 1.807) is 0 Å². The number of aliphatic hydroxyl groups excluding tert-OH is 1. The molecule has 6 heteroatoms. The van der Waals surface area contributed by atoms with Crippen LogP contribution in [0.4, 0.5) is 5.69 Å². The minimum Gasteiger partial charge on any atom is -0.396 e. The van der Waals surface area contributed by atoms with E-state index in [9.17, 15) is 10.1 Å². The fourth-order valence-electron chi connectivity index (χ4n) is 1.39. The van der Waals surface area contributed by atoms with Crippen molar-refractivity contribution in [3.05, 3.63) is 38.9 Å². The lowest BCUT2D eigenvalue weighted by Gasteiger charge is -2.12. The predicted octanol–water partition coefficient (Wildman–Crippen LogP) is 2.11. The Hall–Kier alpha value is -1.17. The lowest BCUT2D eigenvalue weighted by Crippen LogP contribution is -2.26. The highest BCUT2D eigenvalue weighted by Gasteiger charge is 2.10. The number of rotatable bonds is 6. The summed E-state index contributed by atoms with van der Waals surface area (Å²) in [6.07, 6.45) is 0.631. The van der Waals surface area contributed by atoms with Crippen molar-refractivity contribution in [2.45, 2.75) is 25.9 Å². The molecule has 0 aliphatic heterocycles. The van der Waals surface area contributed by atoms with Crippen LogP contribution in [0.5, 0.6) is 0 Å². The van der Waals surface area contributed by atoms with E-state index in [2.05, 4.69) is 5.32 Å². The number of hydrogen-bond donors (Lipinski definition) is 2. The van der Waals surface area contributed by atoms with Gasteiger partial charge in [-0.15, -0.1) is 0 Å². The molecule has 17 heavy (non-hydrogen) atoms. The van der Waals surface area contributed by atoms with E-state index in [1.165, 1.54) is 18.2 Å². The van der Waals surface area contributed by atoms with Gasteiger partial charge in [0.15, 0.2) is 0 Å². The molecular formula is C11H15ClN2O3. The summed E-state index contributed by atoms with van der Waals surface area (Å²) < 4.78 is 0. The van der Waals surface area contributed by atoms with Gasteiger partial charge in [-0.3, -0.25) is 10.1 Å². The Morgan fingerprint density at radius 1 is 1.59 bits per heavy atom. The Kier molecular flexibility index (Phi) is 5.34. The lowest BCUT2D eigenvalue weighted by molar-refractivity contribution is -0.384. The standard InChI is InChI=1S/C11H15ClN2O3/c1-8(4-5-15)13-7-9-6-10(14(16)17)2-3-11(9)12/h2-3,6,8,13,15H,4-5,7H2,1H3. The molecule has 0 aromatic heterocycles. The molecule has 94 valence electrons. The van der Waals surface area contributed by atoms with E-state index in [1.807, 2.05) is 6.92 Å². The Bertz CT molecular complexity index is 398. The summed E-state index contributed by atoms with van der Waals surface area (Å²) in [6.45, 7) is 2.49. The smallest absolute Gasteiger partial charge is 0.269 e. The Labute approximate surface area is 105 Å². The zero-order valence-electron chi connectivity index (χ0n) is 9.52. The Morgan fingerprint density at radius 2 is 2.29 bits per heavy atom. The highest BCUT2D eigenvalue weighted by molar-refractivity contribution is 6.31. The second-order valence-electron chi connectivity index (χ2n) is 3.83. The van der Waals surface area contributed by atoms with Crippen LogP contribution >= 0.6 is 11.6 Å². The molecule has 1 unspecified atom stereocenters. The van der Waals surface area contributed by atoms with Crippen molar-refractivity contribution in [2.75, 3.05) is 6.61 Å². The molecule has 1 aromatic rings. The van der Waals surface area contributed by atoms with Crippen molar-refractivity contribution in [1.82, 2.24) is 5.32 Å². The first-order valence-electron chi connectivity index (χ1n) is 5.31. The molecule has 1 atom stereocenters. The largest absolute Gasteiger partial charge is 0.396 e. The number of nitrogens with zero attached hydrogens (tertiary/aromatic N) is 1. The van der Waals surface area contributed by atoms with Gasteiger partial charge in [-0.25, -0.2) is 0 Å². The van der Waals surface area contributed by atoms with Crippen LogP contribution in [0.15, 0.2) is 18.2 Å². The summed E-state index contributed by atoms with van der Waals surface area (Å²) in [5.74, 6) is 0. The fourth-order valence-corrected chi connectivity index (χ4v) is 1.57. The maximum atomic E-state index is 10.6. The van der Waals surface area contributed by atoms with Crippen molar-refractivity contribution in [1.29, 1.82) is 0 Å². The molecule has 1 rings (SSSR count). The van der Waals surface area contributed by atoms with Crippen molar-refractivity contribution >= 4 is 17.3 Å². The van der Waals surface area contributed by atoms with E-state index >= 15 is 0 Å². The van der Waals surface area contributed by atoms with Gasteiger partial charge >= 0.3 is 0 Å². The number of nitrogens with one attached hydrogen (secondary N) is 1. The van der Waals surface area contributed by atoms with Gasteiger partial charge in [0.25, 0.3) is 5.69 Å². The highest BCUT2D eigenvalue weighted by Crippen LogP contribution is 2.21. The van der Waals surface area contributed by atoms with E-state index in [-0.39, 0.29) is 18.3 Å². The van der Waals surface area contributed by atoms with Crippen LogP contribution < -0.4 is 5.32 Å². The molecule has 0 amide bonds. The highest BCUT2D eigenvalue weighted by atomic mass is 35.5. The monoisotopic (exact) mass is 258 g/mol. The summed E-state index contributed by atoms with van der Waals surface area (Å²) in [5.41, 5.74) is 0.715. The zero-order valence-corrected chi connectivity index (χ0v) is 10.3. The summed E-state index contributed by atoms with van der Waals surface area (Å²) in [4.78, 5) is 10.2. The summed E-state index contributed by atoms with van der Waals surface area (Å²) >= 11 is 5.95. The van der Waals surface area contributed by atoms with Gasteiger partial charge < -0.3 is 10.4 Å². The second-order valence-corrected chi connectivity index (χ2v) is 4.23. The summed E-state index contributed by atoms with van der Waals surface area (Å²) in [7, 11) is 0. The second kappa shape index (κ2) is 6.54. The predicted molar refractivity (Wildman–Crippen MR) is 66.1 cm³/mol. The number of hydrogen-bond acceptors (Lipinski definition) is 4. The van der Waals surface area contributed by atoms with Crippen LogP contribution in [0.2, 0.25) is 5.02 Å². The van der Waals surface area contributed by atoms with Gasteiger partial charge in [0.1, 0.15) is 0 Å². The normalized spacial score (nSPS) is 12.4. The zero-order chi connectivity index (χ0) is 12.8. The minimum atomic E-state index is -0.447. The summed E-state index contributed by atoms with van der Waals surface area (Å²) in [5, 5.41) is 23.0. The van der Waals surface area contributed by atoms with E-state index < -0.39 is 4.92 Å². The molecule has 0 aliphatic carbocycles. The van der Waals surface area contributed by atoms with Crippen LogP contribution in [-0.4, -0.2) is 22.7 Å². The molecular weight excluding hydrogens is 244 g/mol. The molecule has 0 saturated heterocycles. The van der Waals surface area contributed by atoms with Crippen LogP contribution in [0.1, 0.15) is 18.9 Å². The van der Waals surface area contributed by atoms with Gasteiger partial charge in [-0.05, 0) is 25.0 Å². The molecule has 0 spiro atoms. The first-order chi connectivity index (χ1) is 8.04. The molecule has 0 bridgehead atoms. The van der Waals surface area contributed by atoms with Crippen LogP contribution in [0.25, 0.3) is 0 Å². The fraction of sp³-hybridized carbons (Fsp3) is 0.455. The number of aliphatic hydroxyl groups is 1. The quantitative estimate of drug-likeness (QED) is 0.605. The number of nitro groups is 1. The summed E-state index contributed by atoms with van der Waals surface area (Å²) in [6, 6.07) is 4.49.